The zero-order chi connectivity index (χ0) is 13.1. The summed E-state index contributed by atoms with van der Waals surface area (Å²) in [5.41, 5.74) is 1.18. The molecule has 1 aromatic rings. The standard InChI is InChI=1S/C13H22N2OS/c1-6-7-10-11(8-16)17-12(14-10)15(5)9-13(2,3)4/h8H,6-7,9H2,1-5H3. The summed E-state index contributed by atoms with van der Waals surface area (Å²) in [7, 11) is 2.04. The molecule has 3 nitrogen and oxygen atoms in total. The highest BCUT2D eigenvalue weighted by atomic mass is 32.1. The van der Waals surface area contributed by atoms with Crippen molar-refractivity contribution in [2.45, 2.75) is 40.5 Å². The van der Waals surface area contributed by atoms with Crippen molar-refractivity contribution in [3.8, 4) is 0 Å². The Bertz CT molecular complexity index is 379. The Morgan fingerprint density at radius 3 is 2.53 bits per heavy atom. The second kappa shape index (κ2) is 5.63. The number of carbonyl (C=O) groups is 1. The fraction of sp³-hybridized carbons (Fsp3) is 0.692. The van der Waals surface area contributed by atoms with Crippen LogP contribution in [0.1, 0.15) is 49.5 Å². The van der Waals surface area contributed by atoms with Gasteiger partial charge in [0.05, 0.1) is 10.6 Å². The van der Waals surface area contributed by atoms with Gasteiger partial charge in [-0.05, 0) is 11.8 Å². The molecule has 0 aliphatic rings. The molecule has 1 aromatic heterocycles. The van der Waals surface area contributed by atoms with Gasteiger partial charge in [0.1, 0.15) is 0 Å². The minimum Gasteiger partial charge on any atom is -0.351 e. The van der Waals surface area contributed by atoms with Crippen LogP contribution in [0.25, 0.3) is 0 Å². The third kappa shape index (κ3) is 4.11. The Morgan fingerprint density at radius 1 is 1.41 bits per heavy atom. The molecule has 0 saturated heterocycles. The van der Waals surface area contributed by atoms with Crippen molar-refractivity contribution in [3.63, 3.8) is 0 Å². The first-order valence-electron chi connectivity index (χ1n) is 6.03. The topological polar surface area (TPSA) is 33.2 Å². The summed E-state index contributed by atoms with van der Waals surface area (Å²) in [6.07, 6.45) is 2.83. The lowest BCUT2D eigenvalue weighted by Crippen LogP contribution is -2.28. The van der Waals surface area contributed by atoms with E-state index in [1.165, 1.54) is 11.3 Å². The van der Waals surface area contributed by atoms with Crippen LogP contribution in [0.5, 0.6) is 0 Å². The van der Waals surface area contributed by atoms with E-state index in [1.807, 2.05) is 7.05 Å². The molecule has 0 spiro atoms. The largest absolute Gasteiger partial charge is 0.351 e. The molecule has 0 radical (unpaired) electrons. The van der Waals surface area contributed by atoms with Gasteiger partial charge in [0.25, 0.3) is 0 Å². The molecule has 0 saturated carbocycles. The normalized spacial score (nSPS) is 11.6. The number of rotatable bonds is 5. The van der Waals surface area contributed by atoms with Crippen molar-refractivity contribution in [1.29, 1.82) is 0 Å². The lowest BCUT2D eigenvalue weighted by atomic mass is 9.96. The Morgan fingerprint density at radius 2 is 2.06 bits per heavy atom. The maximum absolute atomic E-state index is 11.0. The van der Waals surface area contributed by atoms with Crippen LogP contribution < -0.4 is 4.90 Å². The number of thiazole rings is 1. The van der Waals surface area contributed by atoms with E-state index in [0.29, 0.717) is 0 Å². The van der Waals surface area contributed by atoms with E-state index in [1.54, 1.807) is 0 Å². The first-order valence-corrected chi connectivity index (χ1v) is 6.85. The van der Waals surface area contributed by atoms with Gasteiger partial charge >= 0.3 is 0 Å². The van der Waals surface area contributed by atoms with E-state index < -0.39 is 0 Å². The smallest absolute Gasteiger partial charge is 0.185 e. The number of nitrogens with zero attached hydrogens (tertiary/aromatic N) is 2. The van der Waals surface area contributed by atoms with Gasteiger partial charge in [0.2, 0.25) is 0 Å². The van der Waals surface area contributed by atoms with Crippen molar-refractivity contribution < 1.29 is 4.79 Å². The lowest BCUT2D eigenvalue weighted by molar-refractivity contribution is 0.112. The summed E-state index contributed by atoms with van der Waals surface area (Å²) in [6, 6.07) is 0. The molecule has 96 valence electrons. The number of aldehydes is 1. The molecule has 0 aliphatic carbocycles. The van der Waals surface area contributed by atoms with Crippen molar-refractivity contribution in [2.75, 3.05) is 18.5 Å². The van der Waals surface area contributed by atoms with Crippen LogP contribution in [-0.2, 0) is 6.42 Å². The summed E-state index contributed by atoms with van der Waals surface area (Å²) in [6.45, 7) is 9.64. The summed E-state index contributed by atoms with van der Waals surface area (Å²) in [5, 5.41) is 0.950. The van der Waals surface area contributed by atoms with Crippen LogP contribution in [0.3, 0.4) is 0 Å². The van der Waals surface area contributed by atoms with Crippen LogP contribution >= 0.6 is 11.3 Å². The van der Waals surface area contributed by atoms with E-state index in [-0.39, 0.29) is 5.41 Å². The Hall–Kier alpha value is -0.900. The Labute approximate surface area is 108 Å². The highest BCUT2D eigenvalue weighted by Gasteiger charge is 2.18. The van der Waals surface area contributed by atoms with Crippen LogP contribution in [0.15, 0.2) is 0 Å². The molecule has 1 rings (SSSR count). The van der Waals surface area contributed by atoms with E-state index >= 15 is 0 Å². The molecular weight excluding hydrogens is 232 g/mol. The predicted octanol–water partition coefficient (Wildman–Crippen LogP) is 3.39. The first kappa shape index (κ1) is 14.2. The molecule has 17 heavy (non-hydrogen) atoms. The van der Waals surface area contributed by atoms with Crippen molar-refractivity contribution in [3.05, 3.63) is 10.6 Å². The van der Waals surface area contributed by atoms with E-state index in [0.717, 1.165) is 41.4 Å². The highest BCUT2D eigenvalue weighted by Crippen LogP contribution is 2.27. The van der Waals surface area contributed by atoms with Crippen LogP contribution in [0.2, 0.25) is 0 Å². The van der Waals surface area contributed by atoms with Gasteiger partial charge in [-0.1, -0.05) is 45.5 Å². The minimum absolute atomic E-state index is 0.229. The van der Waals surface area contributed by atoms with Gasteiger partial charge in [-0.2, -0.15) is 0 Å². The molecule has 0 N–H and O–H groups in total. The number of aryl methyl sites for hydroxylation is 1. The van der Waals surface area contributed by atoms with E-state index in [2.05, 4.69) is 37.6 Å². The minimum atomic E-state index is 0.229. The molecule has 0 unspecified atom stereocenters. The highest BCUT2D eigenvalue weighted by molar-refractivity contribution is 7.17. The Kier molecular flexibility index (Phi) is 4.69. The molecule has 0 bridgehead atoms. The van der Waals surface area contributed by atoms with Crippen molar-refractivity contribution >= 4 is 22.8 Å². The van der Waals surface area contributed by atoms with Gasteiger partial charge in [-0.3, -0.25) is 4.79 Å². The maximum atomic E-state index is 11.0. The zero-order valence-corrected chi connectivity index (χ0v) is 12.2. The molecule has 0 amide bonds. The molecule has 1 heterocycles. The number of anilines is 1. The number of hydrogen-bond acceptors (Lipinski definition) is 4. The van der Waals surface area contributed by atoms with Gasteiger partial charge in [-0.25, -0.2) is 4.98 Å². The molecular formula is C13H22N2OS. The Balaban J connectivity index is 2.87. The number of carbonyl (C=O) groups excluding carboxylic acids is 1. The van der Waals surface area contributed by atoms with Gasteiger partial charge < -0.3 is 4.90 Å². The predicted molar refractivity (Wildman–Crippen MR) is 74.2 cm³/mol. The van der Waals surface area contributed by atoms with E-state index in [4.69, 9.17) is 0 Å². The maximum Gasteiger partial charge on any atom is 0.185 e. The molecule has 4 heteroatoms. The lowest BCUT2D eigenvalue weighted by Gasteiger charge is -2.26. The van der Waals surface area contributed by atoms with Gasteiger partial charge in [0.15, 0.2) is 11.4 Å². The fourth-order valence-corrected chi connectivity index (χ4v) is 2.69. The second-order valence-corrected chi connectivity index (χ2v) is 6.60. The summed E-state index contributed by atoms with van der Waals surface area (Å²) < 4.78 is 0. The first-order chi connectivity index (χ1) is 7.87. The van der Waals surface area contributed by atoms with Gasteiger partial charge in [-0.15, -0.1) is 0 Å². The van der Waals surface area contributed by atoms with Gasteiger partial charge in [0, 0.05) is 13.6 Å². The van der Waals surface area contributed by atoms with Crippen molar-refractivity contribution in [1.82, 2.24) is 4.98 Å². The molecule has 0 aliphatic heterocycles. The summed E-state index contributed by atoms with van der Waals surface area (Å²) >= 11 is 1.49. The van der Waals surface area contributed by atoms with Crippen molar-refractivity contribution in [2.24, 2.45) is 5.41 Å². The summed E-state index contributed by atoms with van der Waals surface area (Å²) in [4.78, 5) is 18.5. The SMILES string of the molecule is CCCc1nc(N(C)CC(C)(C)C)sc1C=O. The van der Waals surface area contributed by atoms with Crippen LogP contribution in [0.4, 0.5) is 5.13 Å². The molecule has 0 aromatic carbocycles. The fourth-order valence-electron chi connectivity index (χ4n) is 1.80. The third-order valence-electron chi connectivity index (χ3n) is 2.35. The van der Waals surface area contributed by atoms with Crippen LogP contribution in [0, 0.1) is 5.41 Å². The number of aromatic nitrogens is 1. The zero-order valence-electron chi connectivity index (χ0n) is 11.4. The average molecular weight is 254 g/mol. The quantitative estimate of drug-likeness (QED) is 0.755. The molecule has 0 atom stereocenters. The summed E-state index contributed by atoms with van der Waals surface area (Å²) in [5.74, 6) is 0. The second-order valence-electron chi connectivity index (χ2n) is 5.59. The third-order valence-corrected chi connectivity index (χ3v) is 3.49. The van der Waals surface area contributed by atoms with E-state index in [9.17, 15) is 4.79 Å². The monoisotopic (exact) mass is 254 g/mol. The van der Waals surface area contributed by atoms with Crippen LogP contribution in [-0.4, -0.2) is 24.9 Å². The average Bonchev–Trinajstić information content (AvgIpc) is 2.59. The number of hydrogen-bond donors (Lipinski definition) is 0. The molecule has 0 fully saturated rings.